The molecular formula is C10H8N2O2. The molecule has 0 atom stereocenters. The second-order valence-corrected chi connectivity index (χ2v) is 2.88. The molecule has 1 saturated heterocycles. The van der Waals surface area contributed by atoms with Crippen LogP contribution in [0.25, 0.3) is 6.08 Å². The molecule has 0 aromatic heterocycles. The van der Waals surface area contributed by atoms with Gasteiger partial charge in [0.05, 0.1) is 0 Å². The minimum absolute atomic E-state index is 0.279. The first-order valence-corrected chi connectivity index (χ1v) is 4.15. The van der Waals surface area contributed by atoms with Gasteiger partial charge in [0, 0.05) is 0 Å². The predicted molar refractivity (Wildman–Crippen MR) is 51.1 cm³/mol. The van der Waals surface area contributed by atoms with Gasteiger partial charge in [0.2, 0.25) is 0 Å². The fraction of sp³-hybridized carbons (Fsp3) is 0. The molecule has 1 heterocycles. The second kappa shape index (κ2) is 3.33. The van der Waals surface area contributed by atoms with E-state index in [0.29, 0.717) is 0 Å². The van der Waals surface area contributed by atoms with Crippen molar-refractivity contribution in [2.75, 3.05) is 0 Å². The number of carbonyl (C=O) groups excluding carboxylic acids is 2. The zero-order chi connectivity index (χ0) is 9.97. The third-order valence-corrected chi connectivity index (χ3v) is 1.83. The molecule has 70 valence electrons. The molecule has 4 nitrogen and oxygen atoms in total. The predicted octanol–water partition coefficient (Wildman–Crippen LogP) is 0.867. The third-order valence-electron chi connectivity index (χ3n) is 1.83. The van der Waals surface area contributed by atoms with Gasteiger partial charge in [0.15, 0.2) is 0 Å². The third kappa shape index (κ3) is 1.64. The summed E-state index contributed by atoms with van der Waals surface area (Å²) in [5.41, 5.74) is 1.15. The lowest BCUT2D eigenvalue weighted by atomic mass is 10.3. The van der Waals surface area contributed by atoms with Crippen molar-refractivity contribution in [3.05, 3.63) is 41.6 Å². The molecule has 1 aromatic carbocycles. The Morgan fingerprint density at radius 1 is 1.00 bits per heavy atom. The van der Waals surface area contributed by atoms with Gasteiger partial charge in [0.25, 0.3) is 5.91 Å². The molecule has 1 aromatic rings. The molecule has 1 aliphatic rings. The first-order valence-electron chi connectivity index (χ1n) is 4.15. The molecule has 0 unspecified atom stereocenters. The summed E-state index contributed by atoms with van der Waals surface area (Å²) in [4.78, 5) is 21.9. The van der Waals surface area contributed by atoms with Gasteiger partial charge >= 0.3 is 6.03 Å². The highest BCUT2D eigenvalue weighted by molar-refractivity contribution is 6.13. The Labute approximate surface area is 80.6 Å². The first kappa shape index (κ1) is 8.50. The topological polar surface area (TPSA) is 58.2 Å². The Bertz CT molecular complexity index is 409. The van der Waals surface area contributed by atoms with Crippen LogP contribution in [0.1, 0.15) is 5.56 Å². The maximum Gasteiger partial charge on any atom is 0.326 e. The van der Waals surface area contributed by atoms with Crippen molar-refractivity contribution in [3.8, 4) is 0 Å². The summed E-state index contributed by atoms with van der Waals surface area (Å²) in [5.74, 6) is -0.390. The van der Waals surface area contributed by atoms with Crippen molar-refractivity contribution in [1.82, 2.24) is 10.6 Å². The van der Waals surface area contributed by atoms with Crippen LogP contribution in [0.15, 0.2) is 36.0 Å². The highest BCUT2D eigenvalue weighted by Crippen LogP contribution is 2.06. The zero-order valence-corrected chi connectivity index (χ0v) is 7.28. The summed E-state index contributed by atoms with van der Waals surface area (Å²) in [6, 6.07) is 8.84. The average molecular weight is 189 g/mol. The number of nitrogens with one attached hydrogen (secondary N) is 2. The number of carbonyl (C=O) groups is 2. The van der Waals surface area contributed by atoms with E-state index in [2.05, 4.69) is 10.6 Å². The van der Waals surface area contributed by atoms with E-state index in [0.717, 1.165) is 5.56 Å². The number of hydrogen-bond donors (Lipinski definition) is 2. The fourth-order valence-corrected chi connectivity index (χ4v) is 1.20. The van der Waals surface area contributed by atoms with Crippen LogP contribution < -0.4 is 10.6 Å². The normalized spacial score (nSPS) is 18.1. The summed E-state index contributed by atoms with van der Waals surface area (Å²) in [6.07, 6.45) is 1.63. The first-order chi connectivity index (χ1) is 6.75. The minimum Gasteiger partial charge on any atom is -0.303 e. The number of rotatable bonds is 1. The lowest BCUT2D eigenvalue weighted by Gasteiger charge is -1.94. The van der Waals surface area contributed by atoms with Crippen LogP contribution in [-0.2, 0) is 4.79 Å². The molecule has 4 heteroatoms. The standard InChI is InChI=1S/C10H8N2O2/c13-9-8(11-10(14)12-9)6-7-4-2-1-3-5-7/h1-6H,(H2,11,12,13,14)/b8-6-/i7+1. The molecule has 0 bridgehead atoms. The average Bonchev–Trinajstić information content (AvgIpc) is 2.47. The van der Waals surface area contributed by atoms with Crippen LogP contribution in [-0.4, -0.2) is 11.9 Å². The van der Waals surface area contributed by atoms with Crippen molar-refractivity contribution < 1.29 is 9.59 Å². The quantitative estimate of drug-likeness (QED) is 0.508. The van der Waals surface area contributed by atoms with Crippen molar-refractivity contribution in [2.24, 2.45) is 0 Å². The molecule has 2 rings (SSSR count). The number of benzene rings is 1. The number of imide groups is 1. The smallest absolute Gasteiger partial charge is 0.303 e. The van der Waals surface area contributed by atoms with Gasteiger partial charge in [-0.05, 0) is 11.6 Å². The van der Waals surface area contributed by atoms with Gasteiger partial charge in [-0.3, -0.25) is 10.1 Å². The van der Waals surface area contributed by atoms with Crippen LogP contribution in [0, 0.1) is 0 Å². The molecule has 2 N–H and O–H groups in total. The van der Waals surface area contributed by atoms with Crippen LogP contribution in [0.3, 0.4) is 0 Å². The highest BCUT2D eigenvalue weighted by atomic mass is 16.2. The maximum absolute atomic E-state index is 11.1. The maximum atomic E-state index is 11.1. The Morgan fingerprint density at radius 3 is 2.29 bits per heavy atom. The van der Waals surface area contributed by atoms with Gasteiger partial charge in [-0.25, -0.2) is 4.79 Å². The molecule has 14 heavy (non-hydrogen) atoms. The van der Waals surface area contributed by atoms with Crippen molar-refractivity contribution >= 4 is 18.0 Å². The summed E-state index contributed by atoms with van der Waals surface area (Å²) < 4.78 is 0. The fourth-order valence-electron chi connectivity index (χ4n) is 1.20. The Kier molecular flexibility index (Phi) is 2.02. The monoisotopic (exact) mass is 189 g/mol. The summed E-state index contributed by atoms with van der Waals surface area (Å²) >= 11 is 0. The number of urea groups is 1. The lowest BCUT2D eigenvalue weighted by molar-refractivity contribution is -0.115. The Balaban J connectivity index is 2.28. The van der Waals surface area contributed by atoms with Gasteiger partial charge in [-0.2, -0.15) is 0 Å². The lowest BCUT2D eigenvalue weighted by Crippen LogP contribution is -2.22. The molecular weight excluding hydrogens is 181 g/mol. The van der Waals surface area contributed by atoms with E-state index in [1.54, 1.807) is 6.08 Å². The SMILES string of the molecule is O=C1NC(=O)/C(=C/[13c]2ccccc2)N1. The summed E-state index contributed by atoms with van der Waals surface area (Å²) in [5, 5.41) is 4.54. The molecule has 0 aliphatic carbocycles. The van der Waals surface area contributed by atoms with Crippen LogP contribution in [0.2, 0.25) is 0 Å². The molecule has 3 amide bonds. The van der Waals surface area contributed by atoms with E-state index in [9.17, 15) is 9.59 Å². The minimum atomic E-state index is -0.475. The van der Waals surface area contributed by atoms with Gasteiger partial charge < -0.3 is 5.32 Å². The molecule has 0 spiro atoms. The molecule has 0 radical (unpaired) electrons. The van der Waals surface area contributed by atoms with E-state index in [1.807, 2.05) is 30.3 Å². The van der Waals surface area contributed by atoms with Gasteiger partial charge in [-0.1, -0.05) is 30.3 Å². The van der Waals surface area contributed by atoms with Crippen LogP contribution in [0.4, 0.5) is 4.79 Å². The largest absolute Gasteiger partial charge is 0.326 e. The zero-order valence-electron chi connectivity index (χ0n) is 7.28. The van der Waals surface area contributed by atoms with E-state index >= 15 is 0 Å². The van der Waals surface area contributed by atoms with E-state index in [-0.39, 0.29) is 11.6 Å². The molecule has 0 saturated carbocycles. The van der Waals surface area contributed by atoms with Crippen LogP contribution >= 0.6 is 0 Å². The van der Waals surface area contributed by atoms with Gasteiger partial charge in [0.1, 0.15) is 5.70 Å². The Morgan fingerprint density at radius 2 is 1.71 bits per heavy atom. The van der Waals surface area contributed by atoms with E-state index in [4.69, 9.17) is 0 Å². The van der Waals surface area contributed by atoms with E-state index in [1.165, 1.54) is 0 Å². The summed E-state index contributed by atoms with van der Waals surface area (Å²) in [7, 11) is 0. The van der Waals surface area contributed by atoms with Crippen molar-refractivity contribution in [3.63, 3.8) is 0 Å². The molecule has 1 fully saturated rings. The Hall–Kier alpha value is -2.10. The van der Waals surface area contributed by atoms with Crippen LogP contribution in [0.5, 0.6) is 0 Å². The highest BCUT2D eigenvalue weighted by Gasteiger charge is 2.22. The van der Waals surface area contributed by atoms with Gasteiger partial charge in [-0.15, -0.1) is 0 Å². The van der Waals surface area contributed by atoms with Crippen molar-refractivity contribution in [2.45, 2.75) is 0 Å². The number of hydrogen-bond acceptors (Lipinski definition) is 2. The summed E-state index contributed by atoms with van der Waals surface area (Å²) in [6.45, 7) is 0. The second-order valence-electron chi connectivity index (χ2n) is 2.88. The van der Waals surface area contributed by atoms with E-state index < -0.39 is 6.03 Å². The number of amides is 3. The van der Waals surface area contributed by atoms with Crippen molar-refractivity contribution in [1.29, 1.82) is 0 Å². The molecule has 1 aliphatic heterocycles.